The fourth-order valence-electron chi connectivity index (χ4n) is 2.79. The van der Waals surface area contributed by atoms with Gasteiger partial charge in [-0.25, -0.2) is 0 Å². The molecule has 1 aromatic carbocycles. The molecular weight excluding hydrogens is 270 g/mol. The van der Waals surface area contributed by atoms with Gasteiger partial charge in [0, 0.05) is 26.3 Å². The summed E-state index contributed by atoms with van der Waals surface area (Å²) in [5.74, 6) is 1.46. The summed E-state index contributed by atoms with van der Waals surface area (Å²) in [6, 6.07) is 5.58. The van der Waals surface area contributed by atoms with Gasteiger partial charge in [0.05, 0.1) is 6.10 Å². The summed E-state index contributed by atoms with van der Waals surface area (Å²) in [5.41, 5.74) is 1.12. The van der Waals surface area contributed by atoms with Crippen LogP contribution in [0.5, 0.6) is 11.5 Å². The Hall–Kier alpha value is -1.30. The number of fused-ring (bicyclic) bond motifs is 1. The summed E-state index contributed by atoms with van der Waals surface area (Å²) < 4.78 is 16.0. The molecule has 5 heteroatoms. The summed E-state index contributed by atoms with van der Waals surface area (Å²) in [6.07, 6.45) is 1.60. The zero-order valence-electron chi connectivity index (χ0n) is 12.4. The molecule has 1 unspecified atom stereocenters. The maximum Gasteiger partial charge on any atom is 0.231 e. The van der Waals surface area contributed by atoms with Gasteiger partial charge >= 0.3 is 0 Å². The summed E-state index contributed by atoms with van der Waals surface area (Å²) in [7, 11) is 0. The molecule has 2 heterocycles. The molecule has 0 saturated carbocycles. The molecule has 0 aliphatic carbocycles. The first kappa shape index (κ1) is 14.6. The molecule has 1 atom stereocenters. The Labute approximate surface area is 125 Å². The van der Waals surface area contributed by atoms with E-state index in [4.69, 9.17) is 14.2 Å². The molecule has 21 heavy (non-hydrogen) atoms. The molecule has 2 aliphatic rings. The van der Waals surface area contributed by atoms with E-state index in [0.717, 1.165) is 43.9 Å². The van der Waals surface area contributed by atoms with Crippen LogP contribution in [-0.4, -0.2) is 38.2 Å². The number of aliphatic hydroxyl groups excluding tert-OH is 1. The largest absolute Gasteiger partial charge is 0.454 e. The average molecular weight is 293 g/mol. The number of aliphatic hydroxyl groups is 1. The zero-order valence-corrected chi connectivity index (χ0v) is 12.4. The Balaban J connectivity index is 1.51. The zero-order chi connectivity index (χ0) is 14.7. The number of rotatable bonds is 5. The lowest BCUT2D eigenvalue weighted by Gasteiger charge is -2.34. The van der Waals surface area contributed by atoms with E-state index in [0.29, 0.717) is 12.3 Å². The van der Waals surface area contributed by atoms with Crippen molar-refractivity contribution < 1.29 is 19.3 Å². The Morgan fingerprint density at radius 1 is 1.24 bits per heavy atom. The molecule has 0 spiro atoms. The standard InChI is InChI=1S/C16H23NO4/c1-16(4-6-19-7-5-16)10-17-9-13(18)12-2-3-14-15(8-12)21-11-20-14/h2-3,8,13,17-18H,4-7,9-11H2,1H3. The molecule has 0 amide bonds. The number of benzene rings is 1. The van der Waals surface area contributed by atoms with Gasteiger partial charge in [-0.15, -0.1) is 0 Å². The predicted octanol–water partition coefficient (Wildman–Crippen LogP) is 1.85. The van der Waals surface area contributed by atoms with Crippen molar-refractivity contribution in [3.8, 4) is 11.5 Å². The summed E-state index contributed by atoms with van der Waals surface area (Å²) in [5, 5.41) is 13.7. The molecule has 0 aromatic heterocycles. The Kier molecular flexibility index (Phi) is 4.33. The van der Waals surface area contributed by atoms with Crippen LogP contribution in [0.25, 0.3) is 0 Å². The first-order valence-corrected chi connectivity index (χ1v) is 7.52. The van der Waals surface area contributed by atoms with Gasteiger partial charge in [-0.3, -0.25) is 0 Å². The third-order valence-electron chi connectivity index (χ3n) is 4.37. The Bertz CT molecular complexity index is 485. The third-order valence-corrected chi connectivity index (χ3v) is 4.37. The maximum absolute atomic E-state index is 10.3. The molecule has 1 fully saturated rings. The van der Waals surface area contributed by atoms with Gasteiger partial charge in [0.1, 0.15) is 0 Å². The van der Waals surface area contributed by atoms with E-state index in [2.05, 4.69) is 12.2 Å². The third kappa shape index (κ3) is 3.48. The van der Waals surface area contributed by atoms with E-state index in [9.17, 15) is 5.11 Å². The van der Waals surface area contributed by atoms with Crippen LogP contribution in [0.15, 0.2) is 18.2 Å². The molecule has 2 aliphatic heterocycles. The van der Waals surface area contributed by atoms with Crippen LogP contribution in [0.2, 0.25) is 0 Å². The Morgan fingerprint density at radius 2 is 2.00 bits per heavy atom. The SMILES string of the molecule is CC1(CNCC(O)c2ccc3c(c2)OCO3)CCOCC1. The lowest BCUT2D eigenvalue weighted by molar-refractivity contribution is 0.0227. The monoisotopic (exact) mass is 293 g/mol. The number of hydrogen-bond donors (Lipinski definition) is 2. The van der Waals surface area contributed by atoms with E-state index in [1.165, 1.54) is 0 Å². The van der Waals surface area contributed by atoms with Crippen molar-refractivity contribution in [3.05, 3.63) is 23.8 Å². The van der Waals surface area contributed by atoms with Crippen molar-refractivity contribution in [2.24, 2.45) is 5.41 Å². The van der Waals surface area contributed by atoms with Crippen LogP contribution in [0, 0.1) is 5.41 Å². The minimum atomic E-state index is -0.539. The minimum absolute atomic E-state index is 0.257. The predicted molar refractivity (Wildman–Crippen MR) is 78.6 cm³/mol. The highest BCUT2D eigenvalue weighted by Gasteiger charge is 2.27. The van der Waals surface area contributed by atoms with E-state index in [-0.39, 0.29) is 12.2 Å². The summed E-state index contributed by atoms with van der Waals surface area (Å²) >= 11 is 0. The molecule has 116 valence electrons. The van der Waals surface area contributed by atoms with Crippen LogP contribution < -0.4 is 14.8 Å². The van der Waals surface area contributed by atoms with Gasteiger partial charge in [-0.1, -0.05) is 13.0 Å². The fraction of sp³-hybridized carbons (Fsp3) is 0.625. The second-order valence-electron chi connectivity index (χ2n) is 6.18. The molecule has 5 nitrogen and oxygen atoms in total. The van der Waals surface area contributed by atoms with Crippen LogP contribution >= 0.6 is 0 Å². The van der Waals surface area contributed by atoms with E-state index < -0.39 is 6.10 Å². The van der Waals surface area contributed by atoms with Gasteiger partial charge in [-0.2, -0.15) is 0 Å². The Morgan fingerprint density at radius 3 is 2.81 bits per heavy atom. The average Bonchev–Trinajstić information content (AvgIpc) is 2.95. The quantitative estimate of drug-likeness (QED) is 0.867. The first-order valence-electron chi connectivity index (χ1n) is 7.52. The molecule has 1 aromatic rings. The topological polar surface area (TPSA) is 60.0 Å². The molecule has 3 rings (SSSR count). The van der Waals surface area contributed by atoms with Crippen molar-refractivity contribution in [3.63, 3.8) is 0 Å². The second-order valence-corrected chi connectivity index (χ2v) is 6.18. The van der Waals surface area contributed by atoms with E-state index in [1.54, 1.807) is 0 Å². The van der Waals surface area contributed by atoms with Gasteiger partial charge in [-0.05, 0) is 36.0 Å². The highest BCUT2D eigenvalue weighted by molar-refractivity contribution is 5.45. The summed E-state index contributed by atoms with van der Waals surface area (Å²) in [6.45, 7) is 5.64. The van der Waals surface area contributed by atoms with Gasteiger partial charge in [0.2, 0.25) is 6.79 Å². The molecule has 2 N–H and O–H groups in total. The highest BCUT2D eigenvalue weighted by atomic mass is 16.7. The summed E-state index contributed by atoms with van der Waals surface area (Å²) in [4.78, 5) is 0. The van der Waals surface area contributed by atoms with Gasteiger partial charge in [0.15, 0.2) is 11.5 Å². The van der Waals surface area contributed by atoms with Crippen molar-refractivity contribution in [2.75, 3.05) is 33.1 Å². The first-order chi connectivity index (χ1) is 10.2. The van der Waals surface area contributed by atoms with Crippen LogP contribution in [0.3, 0.4) is 0 Å². The molecular formula is C16H23NO4. The van der Waals surface area contributed by atoms with E-state index >= 15 is 0 Å². The molecule has 0 radical (unpaired) electrons. The van der Waals surface area contributed by atoms with Gasteiger partial charge in [0.25, 0.3) is 0 Å². The number of ether oxygens (including phenoxy) is 3. The van der Waals surface area contributed by atoms with Crippen molar-refractivity contribution in [1.82, 2.24) is 5.32 Å². The number of nitrogens with one attached hydrogen (secondary N) is 1. The van der Waals surface area contributed by atoms with Crippen molar-refractivity contribution in [1.29, 1.82) is 0 Å². The normalized spacial score (nSPS) is 21.2. The number of hydrogen-bond acceptors (Lipinski definition) is 5. The second kappa shape index (κ2) is 6.22. The van der Waals surface area contributed by atoms with Crippen molar-refractivity contribution in [2.45, 2.75) is 25.9 Å². The highest BCUT2D eigenvalue weighted by Crippen LogP contribution is 2.34. The maximum atomic E-state index is 10.3. The fourth-order valence-corrected chi connectivity index (χ4v) is 2.79. The van der Waals surface area contributed by atoms with Crippen LogP contribution in [0.4, 0.5) is 0 Å². The minimum Gasteiger partial charge on any atom is -0.454 e. The lowest BCUT2D eigenvalue weighted by atomic mass is 9.82. The molecule has 1 saturated heterocycles. The lowest BCUT2D eigenvalue weighted by Crippen LogP contribution is -2.38. The van der Waals surface area contributed by atoms with Crippen LogP contribution in [0.1, 0.15) is 31.4 Å². The van der Waals surface area contributed by atoms with Gasteiger partial charge < -0.3 is 24.6 Å². The van der Waals surface area contributed by atoms with E-state index in [1.807, 2.05) is 18.2 Å². The van der Waals surface area contributed by atoms with Crippen LogP contribution in [-0.2, 0) is 4.74 Å². The molecule has 0 bridgehead atoms. The smallest absolute Gasteiger partial charge is 0.231 e. The van der Waals surface area contributed by atoms with Crippen molar-refractivity contribution >= 4 is 0 Å².